The average Bonchev–Trinajstić information content (AvgIpc) is 2.17. The number of hydrogen-bond acceptors (Lipinski definition) is 2. The van der Waals surface area contributed by atoms with Crippen molar-refractivity contribution in [3.63, 3.8) is 0 Å². The van der Waals surface area contributed by atoms with E-state index in [1.54, 1.807) is 18.2 Å². The number of carboxylic acid groups (broad SMARTS) is 1. The van der Waals surface area contributed by atoms with Crippen molar-refractivity contribution >= 4 is 12.0 Å². The zero-order chi connectivity index (χ0) is 11.4. The van der Waals surface area contributed by atoms with Crippen LogP contribution in [0, 0.1) is 0 Å². The number of benzene rings is 1. The number of hydrogen-bond donors (Lipinski definition) is 1. The molecule has 0 saturated carbocycles. The Morgan fingerprint density at radius 3 is 2.67 bits per heavy atom. The molecule has 0 aliphatic rings. The standard InChI is InChI=1S/C12H14O3/c1-4-9-7-10(12(13)14)5-6-11(9)15-8(2)3/h4-8H,1H2,2-3H3,(H,13,14). The zero-order valence-corrected chi connectivity index (χ0v) is 8.86. The fraction of sp³-hybridized carbons (Fsp3) is 0.250. The van der Waals surface area contributed by atoms with E-state index < -0.39 is 5.97 Å². The van der Waals surface area contributed by atoms with E-state index in [0.717, 1.165) is 0 Å². The highest BCUT2D eigenvalue weighted by atomic mass is 16.5. The zero-order valence-electron chi connectivity index (χ0n) is 8.86. The van der Waals surface area contributed by atoms with E-state index >= 15 is 0 Å². The maximum Gasteiger partial charge on any atom is 0.335 e. The minimum Gasteiger partial charge on any atom is -0.490 e. The van der Waals surface area contributed by atoms with Crippen LogP contribution in [-0.2, 0) is 0 Å². The van der Waals surface area contributed by atoms with Gasteiger partial charge in [-0.15, -0.1) is 0 Å². The Kier molecular flexibility index (Phi) is 3.50. The Morgan fingerprint density at radius 2 is 2.20 bits per heavy atom. The van der Waals surface area contributed by atoms with Gasteiger partial charge < -0.3 is 9.84 Å². The van der Waals surface area contributed by atoms with Crippen LogP contribution in [0.15, 0.2) is 24.8 Å². The molecule has 3 heteroatoms. The number of ether oxygens (including phenoxy) is 1. The maximum absolute atomic E-state index is 10.7. The Hall–Kier alpha value is -1.77. The van der Waals surface area contributed by atoms with Gasteiger partial charge in [0.2, 0.25) is 0 Å². The summed E-state index contributed by atoms with van der Waals surface area (Å²) in [5.41, 5.74) is 0.935. The topological polar surface area (TPSA) is 46.5 Å². The fourth-order valence-electron chi connectivity index (χ4n) is 1.20. The van der Waals surface area contributed by atoms with Crippen LogP contribution in [0.25, 0.3) is 6.08 Å². The third kappa shape index (κ3) is 2.84. The van der Waals surface area contributed by atoms with E-state index in [1.807, 2.05) is 13.8 Å². The molecule has 1 N–H and O–H groups in total. The summed E-state index contributed by atoms with van der Waals surface area (Å²) >= 11 is 0. The first-order valence-electron chi connectivity index (χ1n) is 4.71. The lowest BCUT2D eigenvalue weighted by Crippen LogP contribution is -2.07. The minimum atomic E-state index is -0.950. The van der Waals surface area contributed by atoms with Gasteiger partial charge in [-0.25, -0.2) is 4.79 Å². The molecule has 80 valence electrons. The largest absolute Gasteiger partial charge is 0.490 e. The summed E-state index contributed by atoms with van der Waals surface area (Å²) in [4.78, 5) is 10.7. The Balaban J connectivity index is 3.09. The third-order valence-electron chi connectivity index (χ3n) is 1.84. The molecule has 0 bridgehead atoms. The second-order valence-corrected chi connectivity index (χ2v) is 3.43. The minimum absolute atomic E-state index is 0.0550. The molecule has 0 radical (unpaired) electrons. The lowest BCUT2D eigenvalue weighted by molar-refractivity contribution is 0.0697. The molecular formula is C12H14O3. The van der Waals surface area contributed by atoms with Gasteiger partial charge in [-0.05, 0) is 32.0 Å². The summed E-state index contributed by atoms with van der Waals surface area (Å²) in [5, 5.41) is 8.80. The van der Waals surface area contributed by atoms with E-state index in [9.17, 15) is 4.79 Å². The monoisotopic (exact) mass is 206 g/mol. The fourth-order valence-corrected chi connectivity index (χ4v) is 1.20. The Bertz CT molecular complexity index is 380. The smallest absolute Gasteiger partial charge is 0.335 e. The van der Waals surface area contributed by atoms with Crippen molar-refractivity contribution in [2.45, 2.75) is 20.0 Å². The molecule has 0 amide bonds. The molecule has 0 unspecified atom stereocenters. The normalized spacial score (nSPS) is 10.1. The van der Waals surface area contributed by atoms with Gasteiger partial charge in [-0.2, -0.15) is 0 Å². The molecule has 0 saturated heterocycles. The number of carboxylic acids is 1. The summed E-state index contributed by atoms with van der Waals surface area (Å²) < 4.78 is 5.51. The summed E-state index contributed by atoms with van der Waals surface area (Å²) in [6.45, 7) is 7.46. The quantitative estimate of drug-likeness (QED) is 0.823. The van der Waals surface area contributed by atoms with E-state index in [-0.39, 0.29) is 11.7 Å². The van der Waals surface area contributed by atoms with Gasteiger partial charge in [0.15, 0.2) is 0 Å². The average molecular weight is 206 g/mol. The number of carbonyl (C=O) groups is 1. The summed E-state index contributed by atoms with van der Waals surface area (Å²) in [6, 6.07) is 4.72. The predicted octanol–water partition coefficient (Wildman–Crippen LogP) is 2.82. The molecule has 0 fully saturated rings. The second-order valence-electron chi connectivity index (χ2n) is 3.43. The van der Waals surface area contributed by atoms with Crippen LogP contribution in [0.2, 0.25) is 0 Å². The van der Waals surface area contributed by atoms with Crippen molar-refractivity contribution in [2.24, 2.45) is 0 Å². The molecule has 0 aliphatic carbocycles. The first kappa shape index (κ1) is 11.3. The highest BCUT2D eigenvalue weighted by Gasteiger charge is 2.08. The van der Waals surface area contributed by atoms with E-state index in [2.05, 4.69) is 6.58 Å². The lowest BCUT2D eigenvalue weighted by atomic mass is 10.1. The van der Waals surface area contributed by atoms with Gasteiger partial charge in [0.25, 0.3) is 0 Å². The third-order valence-corrected chi connectivity index (χ3v) is 1.84. The van der Waals surface area contributed by atoms with Crippen molar-refractivity contribution in [1.82, 2.24) is 0 Å². The van der Waals surface area contributed by atoms with Crippen LogP contribution in [0.4, 0.5) is 0 Å². The van der Waals surface area contributed by atoms with Crippen LogP contribution >= 0.6 is 0 Å². The molecule has 0 atom stereocenters. The number of aromatic carboxylic acids is 1. The van der Waals surface area contributed by atoms with Crippen LogP contribution in [-0.4, -0.2) is 17.2 Å². The van der Waals surface area contributed by atoms with Crippen molar-refractivity contribution in [3.8, 4) is 5.75 Å². The Morgan fingerprint density at radius 1 is 1.53 bits per heavy atom. The van der Waals surface area contributed by atoms with Crippen LogP contribution in [0.1, 0.15) is 29.8 Å². The molecular weight excluding hydrogens is 192 g/mol. The molecule has 1 rings (SSSR count). The predicted molar refractivity (Wildman–Crippen MR) is 59.3 cm³/mol. The van der Waals surface area contributed by atoms with Gasteiger partial charge in [0.05, 0.1) is 11.7 Å². The van der Waals surface area contributed by atoms with Crippen LogP contribution in [0.3, 0.4) is 0 Å². The van der Waals surface area contributed by atoms with Gasteiger partial charge in [-0.1, -0.05) is 12.7 Å². The highest BCUT2D eigenvalue weighted by molar-refractivity contribution is 5.88. The summed E-state index contributed by atoms with van der Waals surface area (Å²) in [6.07, 6.45) is 1.64. The van der Waals surface area contributed by atoms with Gasteiger partial charge >= 0.3 is 5.97 Å². The van der Waals surface area contributed by atoms with Gasteiger partial charge in [0, 0.05) is 5.56 Å². The first-order valence-corrected chi connectivity index (χ1v) is 4.71. The van der Waals surface area contributed by atoms with Crippen molar-refractivity contribution in [3.05, 3.63) is 35.9 Å². The van der Waals surface area contributed by atoms with E-state index in [0.29, 0.717) is 11.3 Å². The Labute approximate surface area is 89.0 Å². The van der Waals surface area contributed by atoms with E-state index in [1.165, 1.54) is 6.07 Å². The molecule has 1 aromatic rings. The van der Waals surface area contributed by atoms with Gasteiger partial charge in [0.1, 0.15) is 5.75 Å². The summed E-state index contributed by atoms with van der Waals surface area (Å²) in [7, 11) is 0. The summed E-state index contributed by atoms with van der Waals surface area (Å²) in [5.74, 6) is -0.292. The molecule has 15 heavy (non-hydrogen) atoms. The van der Waals surface area contributed by atoms with Gasteiger partial charge in [-0.3, -0.25) is 0 Å². The van der Waals surface area contributed by atoms with Crippen LogP contribution in [0.5, 0.6) is 5.75 Å². The van der Waals surface area contributed by atoms with Crippen molar-refractivity contribution < 1.29 is 14.6 Å². The molecule has 1 aromatic carbocycles. The second kappa shape index (κ2) is 4.64. The molecule has 0 aliphatic heterocycles. The van der Waals surface area contributed by atoms with Crippen molar-refractivity contribution in [1.29, 1.82) is 0 Å². The SMILES string of the molecule is C=Cc1cc(C(=O)O)ccc1OC(C)C. The van der Waals surface area contributed by atoms with Crippen LogP contribution < -0.4 is 4.74 Å². The first-order chi connectivity index (χ1) is 7.04. The van der Waals surface area contributed by atoms with Crippen molar-refractivity contribution in [2.75, 3.05) is 0 Å². The maximum atomic E-state index is 10.7. The highest BCUT2D eigenvalue weighted by Crippen LogP contribution is 2.22. The number of rotatable bonds is 4. The molecule has 0 aromatic heterocycles. The molecule has 0 heterocycles. The lowest BCUT2D eigenvalue weighted by Gasteiger charge is -2.12. The van der Waals surface area contributed by atoms with E-state index in [4.69, 9.17) is 9.84 Å². The molecule has 3 nitrogen and oxygen atoms in total. The molecule has 0 spiro atoms.